The zero-order chi connectivity index (χ0) is 10.4. The summed E-state index contributed by atoms with van der Waals surface area (Å²) in [6.07, 6.45) is 1.49. The number of phenolic OH excluding ortho intramolecular Hbond substituents is 1. The fourth-order valence-corrected chi connectivity index (χ4v) is 1.07. The SMILES string of the molecule is C1=NCCO1.Cc1cccc(C)c1O. The predicted molar refractivity (Wildman–Crippen MR) is 56.9 cm³/mol. The smallest absolute Gasteiger partial charge is 0.169 e. The Kier molecular flexibility index (Phi) is 3.98. The van der Waals surface area contributed by atoms with E-state index in [0.29, 0.717) is 5.75 Å². The molecule has 1 heterocycles. The molecular weight excluding hydrogens is 178 g/mol. The van der Waals surface area contributed by atoms with Crippen molar-refractivity contribution in [2.45, 2.75) is 13.8 Å². The quantitative estimate of drug-likeness (QED) is 0.685. The summed E-state index contributed by atoms with van der Waals surface area (Å²) in [6, 6.07) is 5.72. The number of aromatic hydroxyl groups is 1. The lowest BCUT2D eigenvalue weighted by molar-refractivity contribution is 0.361. The van der Waals surface area contributed by atoms with Crippen LogP contribution in [-0.2, 0) is 4.74 Å². The Labute approximate surface area is 84.1 Å². The van der Waals surface area contributed by atoms with Crippen molar-refractivity contribution in [3.63, 3.8) is 0 Å². The van der Waals surface area contributed by atoms with Crippen LogP contribution in [0.3, 0.4) is 0 Å². The molecular formula is C11H15NO2. The molecule has 0 amide bonds. The lowest BCUT2D eigenvalue weighted by Crippen LogP contribution is -1.80. The second-order valence-electron chi connectivity index (χ2n) is 3.12. The van der Waals surface area contributed by atoms with Crippen molar-refractivity contribution in [2.75, 3.05) is 13.2 Å². The zero-order valence-electron chi connectivity index (χ0n) is 8.53. The van der Waals surface area contributed by atoms with Gasteiger partial charge < -0.3 is 9.84 Å². The highest BCUT2D eigenvalue weighted by Crippen LogP contribution is 2.19. The van der Waals surface area contributed by atoms with E-state index >= 15 is 0 Å². The van der Waals surface area contributed by atoms with Crippen LogP contribution >= 0.6 is 0 Å². The van der Waals surface area contributed by atoms with Crippen LogP contribution in [-0.4, -0.2) is 24.7 Å². The van der Waals surface area contributed by atoms with Gasteiger partial charge in [0, 0.05) is 0 Å². The number of ether oxygens (including phenoxy) is 1. The molecule has 0 unspecified atom stereocenters. The molecule has 0 radical (unpaired) electrons. The monoisotopic (exact) mass is 193 g/mol. The number of para-hydroxylation sites is 1. The van der Waals surface area contributed by atoms with Gasteiger partial charge in [0.05, 0.1) is 6.54 Å². The van der Waals surface area contributed by atoms with Crippen LogP contribution < -0.4 is 0 Å². The van der Waals surface area contributed by atoms with Crippen molar-refractivity contribution in [2.24, 2.45) is 4.99 Å². The Morgan fingerprint density at radius 2 is 1.93 bits per heavy atom. The minimum absolute atomic E-state index is 0.414. The third kappa shape index (κ3) is 3.09. The number of hydrogen-bond donors (Lipinski definition) is 1. The number of nitrogens with zero attached hydrogens (tertiary/aromatic N) is 1. The zero-order valence-corrected chi connectivity index (χ0v) is 8.53. The average Bonchev–Trinajstić information content (AvgIpc) is 2.72. The third-order valence-corrected chi connectivity index (χ3v) is 1.93. The molecule has 0 atom stereocenters. The first kappa shape index (κ1) is 10.6. The van der Waals surface area contributed by atoms with E-state index < -0.39 is 0 Å². The van der Waals surface area contributed by atoms with Crippen molar-refractivity contribution in [3.05, 3.63) is 29.3 Å². The summed E-state index contributed by atoms with van der Waals surface area (Å²) in [4.78, 5) is 3.74. The van der Waals surface area contributed by atoms with Crippen LogP contribution in [0, 0.1) is 13.8 Å². The van der Waals surface area contributed by atoms with Crippen molar-refractivity contribution in [3.8, 4) is 5.75 Å². The van der Waals surface area contributed by atoms with Crippen LogP contribution in [0.15, 0.2) is 23.2 Å². The maximum Gasteiger partial charge on any atom is 0.169 e. The fourth-order valence-electron chi connectivity index (χ4n) is 1.07. The molecule has 0 saturated heterocycles. The highest BCUT2D eigenvalue weighted by Gasteiger charge is 1.95. The van der Waals surface area contributed by atoms with E-state index in [1.54, 1.807) is 0 Å². The first-order valence-corrected chi connectivity index (χ1v) is 4.57. The molecule has 1 aliphatic rings. The van der Waals surface area contributed by atoms with E-state index in [-0.39, 0.29) is 0 Å². The van der Waals surface area contributed by atoms with Crippen LogP contribution in [0.1, 0.15) is 11.1 Å². The van der Waals surface area contributed by atoms with Gasteiger partial charge in [-0.2, -0.15) is 0 Å². The second kappa shape index (κ2) is 5.27. The summed E-state index contributed by atoms with van der Waals surface area (Å²) in [7, 11) is 0. The summed E-state index contributed by atoms with van der Waals surface area (Å²) in [5, 5.41) is 9.21. The van der Waals surface area contributed by atoms with E-state index in [0.717, 1.165) is 24.3 Å². The Bertz CT molecular complexity index is 295. The maximum atomic E-state index is 9.21. The molecule has 1 aromatic rings. The van der Waals surface area contributed by atoms with Gasteiger partial charge >= 0.3 is 0 Å². The van der Waals surface area contributed by atoms with Gasteiger partial charge in [-0.15, -0.1) is 0 Å². The largest absolute Gasteiger partial charge is 0.507 e. The van der Waals surface area contributed by atoms with Crippen LogP contribution in [0.2, 0.25) is 0 Å². The molecule has 0 saturated carbocycles. The Morgan fingerprint density at radius 1 is 1.29 bits per heavy atom. The molecule has 2 rings (SSSR count). The summed E-state index contributed by atoms with van der Waals surface area (Å²) in [5.41, 5.74) is 1.88. The molecule has 0 spiro atoms. The summed E-state index contributed by atoms with van der Waals surface area (Å²) < 4.78 is 4.65. The standard InChI is InChI=1S/C8H10O.C3H5NO/c1-6-4-3-5-7(2)8(6)9;1-2-5-3-4-1/h3-5,9H,1-2H3;3H,1-2H2. The minimum Gasteiger partial charge on any atom is -0.507 e. The number of hydrogen-bond acceptors (Lipinski definition) is 3. The van der Waals surface area contributed by atoms with Gasteiger partial charge in [0.1, 0.15) is 12.4 Å². The van der Waals surface area contributed by atoms with Gasteiger partial charge in [0.25, 0.3) is 0 Å². The number of aliphatic imine (C=N–C) groups is 1. The molecule has 0 aliphatic carbocycles. The van der Waals surface area contributed by atoms with Crippen LogP contribution in [0.4, 0.5) is 0 Å². The number of rotatable bonds is 0. The van der Waals surface area contributed by atoms with Gasteiger partial charge in [-0.05, 0) is 25.0 Å². The van der Waals surface area contributed by atoms with Crippen molar-refractivity contribution < 1.29 is 9.84 Å². The Balaban J connectivity index is 0.000000165. The van der Waals surface area contributed by atoms with Gasteiger partial charge in [-0.1, -0.05) is 18.2 Å². The fraction of sp³-hybridized carbons (Fsp3) is 0.364. The normalized spacial score (nSPS) is 13.0. The molecule has 0 aromatic heterocycles. The molecule has 76 valence electrons. The molecule has 3 nitrogen and oxygen atoms in total. The minimum atomic E-state index is 0.414. The first-order valence-electron chi connectivity index (χ1n) is 4.57. The molecule has 1 aliphatic heterocycles. The van der Waals surface area contributed by atoms with Crippen molar-refractivity contribution in [1.82, 2.24) is 0 Å². The molecule has 0 fully saturated rings. The van der Waals surface area contributed by atoms with E-state index in [1.807, 2.05) is 32.0 Å². The summed E-state index contributed by atoms with van der Waals surface area (Å²) in [5.74, 6) is 0.414. The highest BCUT2D eigenvalue weighted by atomic mass is 16.5. The highest BCUT2D eigenvalue weighted by molar-refractivity contribution is 5.47. The first-order chi connectivity index (χ1) is 6.72. The van der Waals surface area contributed by atoms with Crippen LogP contribution in [0.25, 0.3) is 0 Å². The predicted octanol–water partition coefficient (Wildman–Crippen LogP) is 2.05. The van der Waals surface area contributed by atoms with E-state index in [4.69, 9.17) is 0 Å². The van der Waals surface area contributed by atoms with E-state index in [2.05, 4.69) is 9.73 Å². The second-order valence-corrected chi connectivity index (χ2v) is 3.12. The number of phenols is 1. The molecule has 1 N–H and O–H groups in total. The lowest BCUT2D eigenvalue weighted by atomic mass is 10.1. The molecule has 14 heavy (non-hydrogen) atoms. The van der Waals surface area contributed by atoms with Crippen molar-refractivity contribution >= 4 is 6.40 Å². The number of benzene rings is 1. The topological polar surface area (TPSA) is 41.8 Å². The molecule has 0 bridgehead atoms. The number of aryl methyl sites for hydroxylation is 2. The average molecular weight is 193 g/mol. The van der Waals surface area contributed by atoms with E-state index in [1.165, 1.54) is 6.40 Å². The Morgan fingerprint density at radius 3 is 2.21 bits per heavy atom. The van der Waals surface area contributed by atoms with Gasteiger partial charge in [-0.3, -0.25) is 4.99 Å². The van der Waals surface area contributed by atoms with Gasteiger partial charge in [0.2, 0.25) is 0 Å². The molecule has 1 aromatic carbocycles. The lowest BCUT2D eigenvalue weighted by Gasteiger charge is -1.99. The van der Waals surface area contributed by atoms with Gasteiger partial charge in [0.15, 0.2) is 6.40 Å². The molecule has 3 heteroatoms. The van der Waals surface area contributed by atoms with Crippen LogP contribution in [0.5, 0.6) is 5.75 Å². The van der Waals surface area contributed by atoms with Gasteiger partial charge in [-0.25, -0.2) is 0 Å². The van der Waals surface area contributed by atoms with Crippen molar-refractivity contribution in [1.29, 1.82) is 0 Å². The maximum absolute atomic E-state index is 9.21. The Hall–Kier alpha value is -1.51. The van der Waals surface area contributed by atoms with E-state index in [9.17, 15) is 5.11 Å². The summed E-state index contributed by atoms with van der Waals surface area (Å²) in [6.45, 7) is 5.41. The summed E-state index contributed by atoms with van der Waals surface area (Å²) >= 11 is 0. The third-order valence-electron chi connectivity index (χ3n) is 1.93.